The Balaban J connectivity index is 2.36. The van der Waals surface area contributed by atoms with Crippen molar-refractivity contribution < 1.29 is 8.78 Å². The van der Waals surface area contributed by atoms with Gasteiger partial charge < -0.3 is 5.73 Å². The quantitative estimate of drug-likeness (QED) is 0.602. The summed E-state index contributed by atoms with van der Waals surface area (Å²) in [4.78, 5) is 0. The summed E-state index contributed by atoms with van der Waals surface area (Å²) in [5.41, 5.74) is 6.45. The summed E-state index contributed by atoms with van der Waals surface area (Å²) in [5, 5.41) is 0. The largest absolute Gasteiger partial charge is 0.324 e. The van der Waals surface area contributed by atoms with Crippen molar-refractivity contribution in [2.75, 3.05) is 0 Å². The van der Waals surface area contributed by atoms with Gasteiger partial charge in [0.25, 0.3) is 0 Å². The molecular weight excluding hydrogens is 256 g/mol. The predicted molar refractivity (Wildman–Crippen MR) is 80.6 cm³/mol. The Bertz CT molecular complexity index is 404. The molecule has 2 N–H and O–H groups in total. The Morgan fingerprint density at radius 2 is 1.60 bits per heavy atom. The smallest absolute Gasteiger partial charge is 0.133 e. The highest BCUT2D eigenvalue weighted by atomic mass is 19.1. The van der Waals surface area contributed by atoms with Crippen molar-refractivity contribution in [3.05, 3.63) is 34.9 Å². The highest BCUT2D eigenvalue weighted by Crippen LogP contribution is 2.25. The number of benzene rings is 1. The van der Waals surface area contributed by atoms with Crippen molar-refractivity contribution in [3.63, 3.8) is 0 Å². The van der Waals surface area contributed by atoms with Gasteiger partial charge in [0.05, 0.1) is 0 Å². The van der Waals surface area contributed by atoms with Crippen LogP contribution in [0.3, 0.4) is 0 Å². The lowest BCUT2D eigenvalue weighted by atomic mass is 9.97. The predicted octanol–water partition coefficient (Wildman–Crippen LogP) is 5.41. The molecule has 1 unspecified atom stereocenters. The third kappa shape index (κ3) is 5.20. The standard InChI is InChI=1S/C17H27F2N/c1-3-4-5-6-7-8-9-10-15(20)16-14(18)12-11-13(2)17(16)19/h11-12,15H,3-10,20H2,1-2H3. The molecule has 1 atom stereocenters. The van der Waals surface area contributed by atoms with E-state index in [1.807, 2.05) is 0 Å². The second-order valence-electron chi connectivity index (χ2n) is 5.61. The average Bonchev–Trinajstić information content (AvgIpc) is 2.42. The monoisotopic (exact) mass is 283 g/mol. The van der Waals surface area contributed by atoms with Crippen LogP contribution in [0, 0.1) is 18.6 Å². The van der Waals surface area contributed by atoms with E-state index < -0.39 is 17.7 Å². The summed E-state index contributed by atoms with van der Waals surface area (Å²) in [6.45, 7) is 3.84. The second kappa shape index (κ2) is 9.06. The molecule has 1 aromatic carbocycles. The highest BCUT2D eigenvalue weighted by molar-refractivity contribution is 5.28. The first-order valence-electron chi connectivity index (χ1n) is 7.78. The van der Waals surface area contributed by atoms with E-state index >= 15 is 0 Å². The Morgan fingerprint density at radius 1 is 1.00 bits per heavy atom. The molecule has 0 fully saturated rings. The molecule has 0 saturated heterocycles. The Morgan fingerprint density at radius 3 is 2.25 bits per heavy atom. The van der Waals surface area contributed by atoms with Crippen LogP contribution in [-0.4, -0.2) is 0 Å². The van der Waals surface area contributed by atoms with Crippen molar-refractivity contribution >= 4 is 0 Å². The van der Waals surface area contributed by atoms with Crippen molar-refractivity contribution in [2.24, 2.45) is 5.73 Å². The fraction of sp³-hybridized carbons (Fsp3) is 0.647. The molecule has 0 spiro atoms. The van der Waals surface area contributed by atoms with Crippen LogP contribution < -0.4 is 5.73 Å². The first-order chi connectivity index (χ1) is 9.57. The second-order valence-corrected chi connectivity index (χ2v) is 5.61. The minimum Gasteiger partial charge on any atom is -0.324 e. The van der Waals surface area contributed by atoms with Gasteiger partial charge in [-0.2, -0.15) is 0 Å². The molecule has 0 aliphatic heterocycles. The SMILES string of the molecule is CCCCCCCCCC(N)c1c(F)ccc(C)c1F. The number of hydrogen-bond donors (Lipinski definition) is 1. The van der Waals surface area contributed by atoms with Gasteiger partial charge in [0.1, 0.15) is 11.6 Å². The molecule has 0 amide bonds. The van der Waals surface area contributed by atoms with Crippen LogP contribution in [-0.2, 0) is 0 Å². The summed E-state index contributed by atoms with van der Waals surface area (Å²) in [5.74, 6) is -1.01. The Hall–Kier alpha value is -0.960. The molecular formula is C17H27F2N. The Kier molecular flexibility index (Phi) is 7.75. The van der Waals surface area contributed by atoms with E-state index in [-0.39, 0.29) is 5.56 Å². The van der Waals surface area contributed by atoms with Crippen LogP contribution in [0.1, 0.15) is 75.5 Å². The molecule has 0 radical (unpaired) electrons. The first kappa shape index (κ1) is 17.1. The van der Waals surface area contributed by atoms with Gasteiger partial charge in [-0.25, -0.2) is 8.78 Å². The molecule has 0 aromatic heterocycles. The lowest BCUT2D eigenvalue weighted by molar-refractivity contribution is 0.487. The number of aryl methyl sites for hydroxylation is 1. The normalized spacial score (nSPS) is 12.7. The molecule has 20 heavy (non-hydrogen) atoms. The number of rotatable bonds is 9. The molecule has 1 nitrogen and oxygen atoms in total. The zero-order valence-electron chi connectivity index (χ0n) is 12.7. The summed E-state index contributed by atoms with van der Waals surface area (Å²) in [6, 6.07) is 2.22. The van der Waals surface area contributed by atoms with E-state index in [4.69, 9.17) is 5.73 Å². The topological polar surface area (TPSA) is 26.0 Å². The van der Waals surface area contributed by atoms with E-state index in [2.05, 4.69) is 6.92 Å². The van der Waals surface area contributed by atoms with Crippen LogP contribution in [0.5, 0.6) is 0 Å². The number of nitrogens with two attached hydrogens (primary N) is 1. The van der Waals surface area contributed by atoms with Gasteiger partial charge in [-0.15, -0.1) is 0 Å². The van der Waals surface area contributed by atoms with E-state index in [0.717, 1.165) is 12.8 Å². The van der Waals surface area contributed by atoms with Crippen LogP contribution in [0.2, 0.25) is 0 Å². The lowest BCUT2D eigenvalue weighted by Gasteiger charge is -2.15. The highest BCUT2D eigenvalue weighted by Gasteiger charge is 2.17. The van der Waals surface area contributed by atoms with Gasteiger partial charge in [-0.1, -0.05) is 57.9 Å². The number of unbranched alkanes of at least 4 members (excludes halogenated alkanes) is 6. The number of halogens is 2. The van der Waals surface area contributed by atoms with Gasteiger partial charge in [-0.3, -0.25) is 0 Å². The molecule has 1 rings (SSSR count). The van der Waals surface area contributed by atoms with Gasteiger partial charge >= 0.3 is 0 Å². The molecule has 0 aliphatic rings. The minimum atomic E-state index is -0.537. The van der Waals surface area contributed by atoms with Gasteiger partial charge in [0, 0.05) is 11.6 Å². The van der Waals surface area contributed by atoms with Gasteiger partial charge in [0.15, 0.2) is 0 Å². The maximum absolute atomic E-state index is 13.9. The third-order valence-electron chi connectivity index (χ3n) is 3.81. The van der Waals surface area contributed by atoms with Crippen molar-refractivity contribution in [3.8, 4) is 0 Å². The van der Waals surface area contributed by atoms with Crippen molar-refractivity contribution in [2.45, 2.75) is 71.3 Å². The zero-order chi connectivity index (χ0) is 15.0. The van der Waals surface area contributed by atoms with Crippen molar-refractivity contribution in [1.82, 2.24) is 0 Å². The van der Waals surface area contributed by atoms with E-state index in [1.54, 1.807) is 6.92 Å². The summed E-state index contributed by atoms with van der Waals surface area (Å²) >= 11 is 0. The first-order valence-corrected chi connectivity index (χ1v) is 7.78. The maximum Gasteiger partial charge on any atom is 0.133 e. The molecule has 114 valence electrons. The van der Waals surface area contributed by atoms with E-state index in [0.29, 0.717) is 12.0 Å². The average molecular weight is 283 g/mol. The van der Waals surface area contributed by atoms with Crippen LogP contribution in [0.4, 0.5) is 8.78 Å². The molecule has 0 saturated carbocycles. The Labute approximate surface area is 121 Å². The van der Waals surface area contributed by atoms with Crippen LogP contribution >= 0.6 is 0 Å². The van der Waals surface area contributed by atoms with Gasteiger partial charge in [-0.05, 0) is 25.0 Å². The van der Waals surface area contributed by atoms with E-state index in [9.17, 15) is 8.78 Å². The molecule has 0 aliphatic carbocycles. The molecule has 3 heteroatoms. The summed E-state index contributed by atoms with van der Waals surface area (Å²) in [7, 11) is 0. The third-order valence-corrected chi connectivity index (χ3v) is 3.81. The maximum atomic E-state index is 13.9. The molecule has 0 heterocycles. The van der Waals surface area contributed by atoms with Crippen LogP contribution in [0.15, 0.2) is 12.1 Å². The molecule has 0 bridgehead atoms. The fourth-order valence-electron chi connectivity index (χ4n) is 2.48. The minimum absolute atomic E-state index is 0.0518. The molecule has 1 aromatic rings. The van der Waals surface area contributed by atoms with E-state index in [1.165, 1.54) is 44.2 Å². The fourth-order valence-corrected chi connectivity index (χ4v) is 2.48. The summed E-state index contributed by atoms with van der Waals surface area (Å²) < 4.78 is 27.6. The van der Waals surface area contributed by atoms with Gasteiger partial charge in [0.2, 0.25) is 0 Å². The number of hydrogen-bond acceptors (Lipinski definition) is 1. The van der Waals surface area contributed by atoms with Crippen molar-refractivity contribution in [1.29, 1.82) is 0 Å². The van der Waals surface area contributed by atoms with Crippen LogP contribution in [0.25, 0.3) is 0 Å². The summed E-state index contributed by atoms with van der Waals surface area (Å²) in [6.07, 6.45) is 8.92. The zero-order valence-corrected chi connectivity index (χ0v) is 12.7. The lowest BCUT2D eigenvalue weighted by Crippen LogP contribution is -2.15.